The zero-order chi connectivity index (χ0) is 15.2. The molecule has 0 spiro atoms. The van der Waals surface area contributed by atoms with E-state index in [1.807, 2.05) is 23.3 Å². The van der Waals surface area contributed by atoms with Gasteiger partial charge in [-0.05, 0) is 62.6 Å². The largest absolute Gasteiger partial charge is 0.317 e. The number of hydrogen-bond donors (Lipinski definition) is 1. The summed E-state index contributed by atoms with van der Waals surface area (Å²) in [5.41, 5.74) is 2.57. The molecule has 0 aliphatic carbocycles. The van der Waals surface area contributed by atoms with Crippen LogP contribution in [0.1, 0.15) is 25.3 Å². The number of nitrogens with zero attached hydrogens (tertiary/aromatic N) is 3. The second-order valence-electron chi connectivity index (χ2n) is 6.16. The Balaban J connectivity index is 0.00000192. The summed E-state index contributed by atoms with van der Waals surface area (Å²) in [4.78, 5) is 6.67. The van der Waals surface area contributed by atoms with Gasteiger partial charge < -0.3 is 9.88 Å². The molecule has 1 aliphatic rings. The van der Waals surface area contributed by atoms with Crippen LogP contribution in [0.5, 0.6) is 0 Å². The molecule has 1 aromatic carbocycles. The van der Waals surface area contributed by atoms with Gasteiger partial charge in [-0.3, -0.25) is 4.90 Å². The molecule has 0 amide bonds. The Hall–Kier alpha value is -1.36. The topological polar surface area (TPSA) is 33.1 Å². The maximum absolute atomic E-state index is 4.09. The number of nitrogens with one attached hydrogen (secondary N) is 1. The van der Waals surface area contributed by atoms with Crippen molar-refractivity contribution in [2.75, 3.05) is 26.2 Å². The van der Waals surface area contributed by atoms with Gasteiger partial charge in [-0.25, -0.2) is 4.98 Å². The fourth-order valence-electron chi connectivity index (χ4n) is 3.14. The van der Waals surface area contributed by atoms with Gasteiger partial charge in [-0.1, -0.05) is 19.1 Å². The SMILES string of the molecule is CCNCC1CCN(Cc2ccc(-n3ccnc3)cc2)CC1.Cl. The average Bonchev–Trinajstić information content (AvgIpc) is 3.09. The standard InChI is InChI=1S/C18H26N4.ClH/c1-2-19-13-16-7-10-21(11-8-16)14-17-3-5-18(6-4-17)22-12-9-20-15-22;/h3-6,9,12,15-16,19H,2,7-8,10-11,13-14H2,1H3;1H. The maximum Gasteiger partial charge on any atom is 0.0991 e. The minimum Gasteiger partial charge on any atom is -0.317 e. The Bertz CT molecular complexity index is 545. The van der Waals surface area contributed by atoms with Crippen molar-refractivity contribution in [2.24, 2.45) is 5.92 Å². The first kappa shape index (κ1) is 18.0. The molecule has 5 heteroatoms. The number of halogens is 1. The Labute approximate surface area is 145 Å². The van der Waals surface area contributed by atoms with Gasteiger partial charge in [0.2, 0.25) is 0 Å². The minimum absolute atomic E-state index is 0. The Morgan fingerprint density at radius 3 is 2.52 bits per heavy atom. The van der Waals surface area contributed by atoms with Crippen LogP contribution in [0.25, 0.3) is 5.69 Å². The molecule has 0 saturated carbocycles. The summed E-state index contributed by atoms with van der Waals surface area (Å²) in [6.07, 6.45) is 8.26. The van der Waals surface area contributed by atoms with Crippen molar-refractivity contribution >= 4 is 12.4 Å². The number of likely N-dealkylation sites (tertiary alicyclic amines) is 1. The van der Waals surface area contributed by atoms with E-state index in [1.54, 1.807) is 0 Å². The summed E-state index contributed by atoms with van der Waals surface area (Å²) in [5.74, 6) is 0.861. The molecule has 1 saturated heterocycles. The lowest BCUT2D eigenvalue weighted by atomic mass is 9.96. The zero-order valence-corrected chi connectivity index (χ0v) is 14.6. The lowest BCUT2D eigenvalue weighted by Gasteiger charge is -2.32. The molecule has 1 aliphatic heterocycles. The highest BCUT2D eigenvalue weighted by Crippen LogP contribution is 2.19. The van der Waals surface area contributed by atoms with Crippen molar-refractivity contribution in [2.45, 2.75) is 26.3 Å². The summed E-state index contributed by atoms with van der Waals surface area (Å²) in [7, 11) is 0. The monoisotopic (exact) mass is 334 g/mol. The zero-order valence-electron chi connectivity index (χ0n) is 13.8. The average molecular weight is 335 g/mol. The summed E-state index contributed by atoms with van der Waals surface area (Å²) >= 11 is 0. The highest BCUT2D eigenvalue weighted by atomic mass is 35.5. The summed E-state index contributed by atoms with van der Waals surface area (Å²) in [5, 5.41) is 3.48. The molecule has 0 bridgehead atoms. The lowest BCUT2D eigenvalue weighted by molar-refractivity contribution is 0.176. The third-order valence-corrected chi connectivity index (χ3v) is 4.54. The number of hydrogen-bond acceptors (Lipinski definition) is 3. The second kappa shape index (κ2) is 9.06. The number of imidazole rings is 1. The van der Waals surface area contributed by atoms with E-state index in [0.29, 0.717) is 0 Å². The smallest absolute Gasteiger partial charge is 0.0991 e. The molecule has 2 heterocycles. The van der Waals surface area contributed by atoms with Crippen LogP contribution in [-0.4, -0.2) is 40.6 Å². The van der Waals surface area contributed by atoms with Crippen molar-refractivity contribution in [3.8, 4) is 5.69 Å². The van der Waals surface area contributed by atoms with Gasteiger partial charge in [-0.2, -0.15) is 0 Å². The van der Waals surface area contributed by atoms with Gasteiger partial charge in [0.25, 0.3) is 0 Å². The maximum atomic E-state index is 4.09. The molecule has 0 atom stereocenters. The van der Waals surface area contributed by atoms with Crippen LogP contribution in [0.15, 0.2) is 43.0 Å². The number of rotatable bonds is 6. The van der Waals surface area contributed by atoms with E-state index >= 15 is 0 Å². The van der Waals surface area contributed by atoms with E-state index in [1.165, 1.54) is 43.7 Å². The molecule has 126 valence electrons. The molecule has 1 aromatic heterocycles. The number of piperidine rings is 1. The lowest BCUT2D eigenvalue weighted by Crippen LogP contribution is -2.36. The summed E-state index contributed by atoms with van der Waals surface area (Å²) in [6, 6.07) is 8.82. The van der Waals surface area contributed by atoms with Crippen molar-refractivity contribution < 1.29 is 0 Å². The first-order valence-electron chi connectivity index (χ1n) is 8.35. The van der Waals surface area contributed by atoms with E-state index in [2.05, 4.69) is 46.4 Å². The first-order valence-corrected chi connectivity index (χ1v) is 8.35. The predicted molar refractivity (Wildman–Crippen MR) is 97.4 cm³/mol. The number of benzene rings is 1. The normalized spacial score (nSPS) is 16.2. The molecule has 1 N–H and O–H groups in total. The highest BCUT2D eigenvalue weighted by Gasteiger charge is 2.18. The quantitative estimate of drug-likeness (QED) is 0.881. The van der Waals surface area contributed by atoms with Crippen LogP contribution in [-0.2, 0) is 6.54 Å². The van der Waals surface area contributed by atoms with Crippen LogP contribution in [0.2, 0.25) is 0 Å². The van der Waals surface area contributed by atoms with Gasteiger partial charge in [0.05, 0.1) is 6.33 Å². The molecule has 1 fully saturated rings. The molecule has 2 aromatic rings. The van der Waals surface area contributed by atoms with Crippen LogP contribution >= 0.6 is 12.4 Å². The van der Waals surface area contributed by atoms with Crippen LogP contribution < -0.4 is 5.32 Å². The van der Waals surface area contributed by atoms with Gasteiger partial charge in [-0.15, -0.1) is 12.4 Å². The minimum atomic E-state index is 0. The molecule has 0 unspecified atom stereocenters. The van der Waals surface area contributed by atoms with Crippen molar-refractivity contribution in [1.29, 1.82) is 0 Å². The second-order valence-corrected chi connectivity index (χ2v) is 6.16. The Morgan fingerprint density at radius 2 is 1.91 bits per heavy atom. The predicted octanol–water partition coefficient (Wildman–Crippen LogP) is 3.12. The number of aromatic nitrogens is 2. The molecule has 4 nitrogen and oxygen atoms in total. The van der Waals surface area contributed by atoms with Gasteiger partial charge >= 0.3 is 0 Å². The fraction of sp³-hybridized carbons (Fsp3) is 0.500. The van der Waals surface area contributed by atoms with Gasteiger partial charge in [0, 0.05) is 24.6 Å². The summed E-state index contributed by atoms with van der Waals surface area (Å²) < 4.78 is 2.04. The van der Waals surface area contributed by atoms with E-state index < -0.39 is 0 Å². The van der Waals surface area contributed by atoms with Crippen molar-refractivity contribution in [3.63, 3.8) is 0 Å². The molecular formula is C18H27ClN4. The van der Waals surface area contributed by atoms with Gasteiger partial charge in [0.1, 0.15) is 0 Å². The fourth-order valence-corrected chi connectivity index (χ4v) is 3.14. The third-order valence-electron chi connectivity index (χ3n) is 4.54. The molecule has 23 heavy (non-hydrogen) atoms. The van der Waals surface area contributed by atoms with Crippen LogP contribution in [0.4, 0.5) is 0 Å². The van der Waals surface area contributed by atoms with E-state index in [4.69, 9.17) is 0 Å². The van der Waals surface area contributed by atoms with E-state index in [-0.39, 0.29) is 12.4 Å². The Morgan fingerprint density at radius 1 is 1.17 bits per heavy atom. The van der Waals surface area contributed by atoms with E-state index in [0.717, 1.165) is 19.0 Å². The van der Waals surface area contributed by atoms with Crippen LogP contribution in [0, 0.1) is 5.92 Å². The third kappa shape index (κ3) is 5.06. The van der Waals surface area contributed by atoms with Crippen LogP contribution in [0.3, 0.4) is 0 Å². The van der Waals surface area contributed by atoms with E-state index in [9.17, 15) is 0 Å². The summed E-state index contributed by atoms with van der Waals surface area (Å²) in [6.45, 7) is 7.97. The first-order chi connectivity index (χ1) is 10.8. The highest BCUT2D eigenvalue weighted by molar-refractivity contribution is 5.85. The molecular weight excluding hydrogens is 308 g/mol. The van der Waals surface area contributed by atoms with Crippen molar-refractivity contribution in [1.82, 2.24) is 19.8 Å². The van der Waals surface area contributed by atoms with Gasteiger partial charge in [0.15, 0.2) is 0 Å². The molecule has 3 rings (SSSR count). The Kier molecular flexibility index (Phi) is 7.09. The molecule has 0 radical (unpaired) electrons. The van der Waals surface area contributed by atoms with Crippen molar-refractivity contribution in [3.05, 3.63) is 48.5 Å².